The van der Waals surface area contributed by atoms with Gasteiger partial charge in [-0.15, -0.1) is 0 Å². The molecular formula is C26H36F3N3O3. The van der Waals surface area contributed by atoms with Crippen LogP contribution in [-0.2, 0) is 28.7 Å². The lowest BCUT2D eigenvalue weighted by atomic mass is 9.73. The van der Waals surface area contributed by atoms with Crippen LogP contribution in [-0.4, -0.2) is 42.6 Å². The van der Waals surface area contributed by atoms with Crippen LogP contribution in [0.5, 0.6) is 0 Å². The average Bonchev–Trinajstić information content (AvgIpc) is 3.23. The van der Waals surface area contributed by atoms with Gasteiger partial charge in [-0.25, -0.2) is 0 Å². The van der Waals surface area contributed by atoms with Crippen molar-refractivity contribution in [1.29, 1.82) is 0 Å². The number of nitrogens with zero attached hydrogens (tertiary/aromatic N) is 2. The molecule has 0 spiro atoms. The molecule has 2 saturated carbocycles. The van der Waals surface area contributed by atoms with Crippen LogP contribution in [0.15, 0.2) is 12.3 Å². The normalized spacial score (nSPS) is 33.1. The van der Waals surface area contributed by atoms with E-state index in [0.29, 0.717) is 46.6 Å². The van der Waals surface area contributed by atoms with Crippen LogP contribution < -0.4 is 10.0 Å². The molecule has 35 heavy (non-hydrogen) atoms. The molecular weight excluding hydrogens is 459 g/mol. The van der Waals surface area contributed by atoms with Gasteiger partial charge in [0, 0.05) is 24.2 Å². The third kappa shape index (κ3) is 4.54. The van der Waals surface area contributed by atoms with Crippen LogP contribution in [0.4, 0.5) is 13.2 Å². The van der Waals surface area contributed by atoms with Gasteiger partial charge < -0.3 is 20.2 Å². The number of hydrogen-bond acceptors (Lipinski definition) is 4. The molecule has 1 aromatic rings. The summed E-state index contributed by atoms with van der Waals surface area (Å²) in [4.78, 5) is 15.6. The van der Waals surface area contributed by atoms with Crippen molar-refractivity contribution < 1.29 is 27.4 Å². The van der Waals surface area contributed by atoms with Gasteiger partial charge in [-0.05, 0) is 55.9 Å². The highest BCUT2D eigenvalue weighted by Gasteiger charge is 2.51. The Bertz CT molecular complexity index is 947. The fourth-order valence-corrected chi connectivity index (χ4v) is 7.09. The lowest BCUT2D eigenvalue weighted by Gasteiger charge is -2.44. The van der Waals surface area contributed by atoms with Crippen LogP contribution in [0.1, 0.15) is 69.2 Å². The summed E-state index contributed by atoms with van der Waals surface area (Å²) in [5.74, 6) is 1.20. The molecule has 2 unspecified atom stereocenters. The highest BCUT2D eigenvalue weighted by atomic mass is 19.4. The molecule has 3 fully saturated rings. The number of halogens is 3. The van der Waals surface area contributed by atoms with Crippen LogP contribution in [0.2, 0.25) is 0 Å². The zero-order valence-electron chi connectivity index (χ0n) is 20.6. The maximum atomic E-state index is 13.9. The Kier molecular flexibility index (Phi) is 6.53. The molecule has 0 radical (unpaired) electrons. The molecule has 3 heterocycles. The Balaban J connectivity index is 1.32. The second kappa shape index (κ2) is 9.21. The van der Waals surface area contributed by atoms with Crippen LogP contribution >= 0.6 is 0 Å². The van der Waals surface area contributed by atoms with E-state index < -0.39 is 17.2 Å². The topological polar surface area (TPSA) is 68.5 Å². The molecule has 1 amide bonds. The summed E-state index contributed by atoms with van der Waals surface area (Å²) in [5.41, 5.74) is -0.871. The fourth-order valence-electron chi connectivity index (χ4n) is 7.09. The first-order chi connectivity index (χ1) is 16.6. The van der Waals surface area contributed by atoms with E-state index in [-0.39, 0.29) is 30.8 Å². The summed E-state index contributed by atoms with van der Waals surface area (Å²) in [5, 5.41) is 16.2. The van der Waals surface area contributed by atoms with Gasteiger partial charge in [-0.2, -0.15) is 17.9 Å². The highest BCUT2D eigenvalue weighted by Crippen LogP contribution is 2.47. The van der Waals surface area contributed by atoms with E-state index in [1.165, 1.54) is 19.3 Å². The summed E-state index contributed by atoms with van der Waals surface area (Å²) >= 11 is 0. The predicted molar refractivity (Wildman–Crippen MR) is 123 cm³/mol. The van der Waals surface area contributed by atoms with Crippen molar-refractivity contribution in [1.82, 2.24) is 10.2 Å². The van der Waals surface area contributed by atoms with Crippen molar-refractivity contribution in [3.8, 4) is 0 Å². The maximum Gasteiger partial charge on any atom is 0.422 e. The lowest BCUT2D eigenvalue weighted by molar-refractivity contribution is -0.616. The van der Waals surface area contributed by atoms with Crippen LogP contribution in [0, 0.1) is 28.4 Å². The van der Waals surface area contributed by atoms with Crippen molar-refractivity contribution in [2.24, 2.45) is 23.2 Å². The van der Waals surface area contributed by atoms with Gasteiger partial charge in [-0.3, -0.25) is 4.79 Å². The zero-order valence-corrected chi connectivity index (χ0v) is 20.6. The number of aromatic nitrogens is 1. The van der Waals surface area contributed by atoms with Gasteiger partial charge in [0.15, 0.2) is 11.9 Å². The van der Waals surface area contributed by atoms with E-state index >= 15 is 0 Å². The average molecular weight is 496 g/mol. The zero-order chi connectivity index (χ0) is 25.0. The van der Waals surface area contributed by atoms with Gasteiger partial charge in [0.25, 0.3) is 0 Å². The van der Waals surface area contributed by atoms with Crippen molar-refractivity contribution >= 4 is 5.91 Å². The fraction of sp³-hybridized carbons (Fsp3) is 0.769. The number of amides is 1. The molecule has 6 nitrogen and oxygen atoms in total. The van der Waals surface area contributed by atoms with Crippen molar-refractivity contribution in [3.05, 3.63) is 34.3 Å². The van der Waals surface area contributed by atoms with E-state index in [1.807, 2.05) is 0 Å². The second-order valence-corrected chi connectivity index (χ2v) is 11.4. The minimum absolute atomic E-state index is 0.0180. The Morgan fingerprint density at radius 3 is 2.63 bits per heavy atom. The molecule has 4 aliphatic rings. The minimum atomic E-state index is -4.60. The predicted octanol–water partition coefficient (Wildman–Crippen LogP) is 3.82. The number of carbonyl (C=O) groups is 1. The first-order valence-electron chi connectivity index (χ1n) is 13.0. The number of nitrogens with one attached hydrogen (secondary N) is 1. The molecule has 2 bridgehead atoms. The molecule has 0 aromatic carbocycles. The highest BCUT2D eigenvalue weighted by molar-refractivity contribution is 5.83. The summed E-state index contributed by atoms with van der Waals surface area (Å²) in [6.45, 7) is 6.18. The van der Waals surface area contributed by atoms with E-state index in [9.17, 15) is 23.2 Å². The SMILES string of the molecule is CC(C)[C@]1(C(=O)N2CCc3c(cc(C(F)(F)F)c[n+]3[O-])C2)CC[C@@H](NC2C3CCCC2COC3)C1. The Morgan fingerprint density at radius 1 is 1.26 bits per heavy atom. The monoisotopic (exact) mass is 495 g/mol. The molecule has 1 saturated heterocycles. The summed E-state index contributed by atoms with van der Waals surface area (Å²) in [6.07, 6.45) is 2.33. The van der Waals surface area contributed by atoms with E-state index in [0.717, 1.165) is 38.5 Å². The van der Waals surface area contributed by atoms with Gasteiger partial charge in [0.05, 0.1) is 31.6 Å². The quantitative estimate of drug-likeness (QED) is 0.509. The van der Waals surface area contributed by atoms with Gasteiger partial charge >= 0.3 is 6.18 Å². The number of hydrogen-bond donors (Lipinski definition) is 1. The molecule has 2 aliphatic heterocycles. The van der Waals surface area contributed by atoms with Crippen molar-refractivity contribution in [3.63, 3.8) is 0 Å². The smallest absolute Gasteiger partial charge is 0.422 e. The first kappa shape index (κ1) is 24.8. The Labute approximate surface area is 204 Å². The number of ether oxygens (including phenoxy) is 1. The van der Waals surface area contributed by atoms with Crippen molar-refractivity contribution in [2.75, 3.05) is 19.8 Å². The lowest BCUT2D eigenvalue weighted by Crippen LogP contribution is -2.55. The molecule has 1 N–H and O–H groups in total. The van der Waals surface area contributed by atoms with Crippen molar-refractivity contribution in [2.45, 2.75) is 83.6 Å². The molecule has 9 heteroatoms. The maximum absolute atomic E-state index is 13.9. The summed E-state index contributed by atoms with van der Waals surface area (Å²) in [6, 6.07) is 1.73. The van der Waals surface area contributed by atoms with Gasteiger partial charge in [0.2, 0.25) is 5.91 Å². The molecule has 4 atom stereocenters. The molecule has 5 rings (SSSR count). The second-order valence-electron chi connectivity index (χ2n) is 11.4. The van der Waals surface area contributed by atoms with Crippen LogP contribution in [0.25, 0.3) is 0 Å². The van der Waals surface area contributed by atoms with E-state index in [1.54, 1.807) is 4.90 Å². The Hall–Kier alpha value is -1.87. The summed E-state index contributed by atoms with van der Waals surface area (Å²) < 4.78 is 46.0. The van der Waals surface area contributed by atoms with E-state index in [4.69, 9.17) is 4.74 Å². The first-order valence-corrected chi connectivity index (χ1v) is 13.0. The standard InChI is InChI=1S/C26H36F3N3O3/c1-16(2)25(8-6-21(11-25)30-23-17-4-3-5-18(23)15-35-14-17)24(33)31-9-7-22-19(12-31)10-20(13-32(22)34)26(27,28)29/h10,13,16-18,21,23,30H,3-9,11-12,14-15H2,1-2H3/t17?,18?,21-,23?,25+/m1/s1. The number of pyridine rings is 1. The Morgan fingerprint density at radius 2 is 1.97 bits per heavy atom. The summed E-state index contributed by atoms with van der Waals surface area (Å²) in [7, 11) is 0. The number of fused-ring (bicyclic) bond motifs is 3. The minimum Gasteiger partial charge on any atom is -0.618 e. The third-order valence-electron chi connectivity index (χ3n) is 9.16. The van der Waals surface area contributed by atoms with E-state index in [2.05, 4.69) is 19.2 Å². The molecule has 2 aliphatic carbocycles. The third-order valence-corrected chi connectivity index (χ3v) is 9.16. The molecule has 1 aromatic heterocycles. The number of rotatable bonds is 4. The van der Waals surface area contributed by atoms with Gasteiger partial charge in [-0.1, -0.05) is 20.3 Å². The van der Waals surface area contributed by atoms with Crippen LogP contribution in [0.3, 0.4) is 0 Å². The number of alkyl halides is 3. The van der Waals surface area contributed by atoms with Gasteiger partial charge in [0.1, 0.15) is 5.56 Å². The largest absolute Gasteiger partial charge is 0.618 e. The number of carbonyl (C=O) groups excluding carboxylic acids is 1. The molecule has 194 valence electrons.